The first kappa shape index (κ1) is 26.4. The van der Waals surface area contributed by atoms with Crippen LogP contribution in [-0.4, -0.2) is 103 Å². The lowest BCUT2D eigenvalue weighted by Gasteiger charge is -2.31. The summed E-state index contributed by atoms with van der Waals surface area (Å²) in [5, 5.41) is 17.1. The van der Waals surface area contributed by atoms with Crippen LogP contribution in [0.25, 0.3) is 0 Å². The minimum absolute atomic E-state index is 0.160. The Balaban J connectivity index is 1.20. The average molecular weight is 523 g/mol. The number of amides is 2. The molecule has 0 aliphatic carbocycles. The number of benzene rings is 1. The molecule has 0 spiro atoms. The number of β-amino-alcohol motifs (C(OH)–C–C–N with tert-alkyl or cyclic N) is 1. The molecule has 3 N–H and O–H groups in total. The fraction of sp³-hybridized carbons (Fsp3) is 0.536. The predicted octanol–water partition coefficient (Wildman–Crippen LogP) is 1.10. The molecule has 2 saturated heterocycles. The second-order valence-corrected chi connectivity index (χ2v) is 10.4. The molecule has 0 bridgehead atoms. The van der Waals surface area contributed by atoms with E-state index in [9.17, 15) is 14.7 Å². The molecule has 1 unspecified atom stereocenters. The maximum atomic E-state index is 13.2. The summed E-state index contributed by atoms with van der Waals surface area (Å²) in [7, 11) is 0. The summed E-state index contributed by atoms with van der Waals surface area (Å²) >= 11 is 0. The molecule has 0 saturated carbocycles. The second kappa shape index (κ2) is 12.6. The molecule has 1 aromatic carbocycles. The van der Waals surface area contributed by atoms with E-state index >= 15 is 0 Å². The molecular formula is C28H38N6O4. The van der Waals surface area contributed by atoms with Crippen molar-refractivity contribution in [1.29, 1.82) is 0 Å². The molecule has 10 nitrogen and oxygen atoms in total. The number of aromatic nitrogens is 1. The smallest absolute Gasteiger partial charge is 0.270 e. The maximum absolute atomic E-state index is 13.2. The van der Waals surface area contributed by atoms with Crippen molar-refractivity contribution in [1.82, 2.24) is 20.1 Å². The summed E-state index contributed by atoms with van der Waals surface area (Å²) in [5.74, 6) is 0.434. The fourth-order valence-electron chi connectivity index (χ4n) is 5.43. The van der Waals surface area contributed by atoms with E-state index in [0.717, 1.165) is 63.4 Å². The molecule has 10 heteroatoms. The highest BCUT2D eigenvalue weighted by atomic mass is 16.5. The number of aliphatic hydroxyl groups is 1. The van der Waals surface area contributed by atoms with Gasteiger partial charge in [-0.25, -0.2) is 4.98 Å². The molecule has 38 heavy (non-hydrogen) atoms. The number of hydrogen-bond acceptors (Lipinski definition) is 8. The highest BCUT2D eigenvalue weighted by Crippen LogP contribution is 2.23. The van der Waals surface area contributed by atoms with Gasteiger partial charge in [-0.05, 0) is 36.5 Å². The van der Waals surface area contributed by atoms with Gasteiger partial charge in [-0.15, -0.1) is 0 Å². The van der Waals surface area contributed by atoms with Gasteiger partial charge in [0.2, 0.25) is 6.41 Å². The van der Waals surface area contributed by atoms with Crippen molar-refractivity contribution in [3.8, 4) is 0 Å². The van der Waals surface area contributed by atoms with Gasteiger partial charge in [0.1, 0.15) is 11.5 Å². The van der Waals surface area contributed by atoms with Gasteiger partial charge in [-0.1, -0.05) is 24.3 Å². The monoisotopic (exact) mass is 522 g/mol. The number of pyridine rings is 1. The Hall–Kier alpha value is -3.21. The Kier molecular flexibility index (Phi) is 8.72. The number of piperidine rings is 1. The number of likely N-dealkylation sites (tertiary alicyclic amines) is 1. The average Bonchev–Trinajstić information content (AvgIpc) is 2.96. The quantitative estimate of drug-likeness (QED) is 0.420. The van der Waals surface area contributed by atoms with Gasteiger partial charge in [0.25, 0.3) is 5.91 Å². The van der Waals surface area contributed by atoms with Crippen molar-refractivity contribution in [2.24, 2.45) is 0 Å². The van der Waals surface area contributed by atoms with E-state index in [0.29, 0.717) is 38.5 Å². The zero-order valence-electron chi connectivity index (χ0n) is 21.8. The minimum atomic E-state index is -0.674. The third kappa shape index (κ3) is 6.80. The summed E-state index contributed by atoms with van der Waals surface area (Å²) in [6.07, 6.45) is 2.90. The number of nitrogens with one attached hydrogen (secondary N) is 2. The molecule has 2 aromatic rings. The highest BCUT2D eigenvalue weighted by molar-refractivity contribution is 5.93. The van der Waals surface area contributed by atoms with E-state index in [1.807, 2.05) is 12.1 Å². The normalized spacial score (nSPS) is 19.5. The number of ether oxygens (including phenoxy) is 1. The molecule has 2 fully saturated rings. The summed E-state index contributed by atoms with van der Waals surface area (Å²) in [4.78, 5) is 35.0. The van der Waals surface area contributed by atoms with Gasteiger partial charge in [0.15, 0.2) is 0 Å². The number of morpholine rings is 1. The first-order chi connectivity index (χ1) is 18.6. The number of anilines is 2. The minimum Gasteiger partial charge on any atom is -0.390 e. The van der Waals surface area contributed by atoms with Gasteiger partial charge >= 0.3 is 0 Å². The van der Waals surface area contributed by atoms with Crippen LogP contribution in [-0.2, 0) is 22.5 Å². The topological polar surface area (TPSA) is 110 Å². The zero-order chi connectivity index (χ0) is 26.3. The van der Waals surface area contributed by atoms with E-state index in [4.69, 9.17) is 4.74 Å². The SMILES string of the molecule is O=CN1CCC(Nc2cc(C(=O)NCC(O)CN3CCc4ccccc4C3)nc(N3CCOCC3)c2)CC1. The van der Waals surface area contributed by atoms with Crippen LogP contribution in [0, 0.1) is 0 Å². The zero-order valence-corrected chi connectivity index (χ0v) is 21.8. The Bertz CT molecular complexity index is 1100. The number of aliphatic hydroxyl groups excluding tert-OH is 1. The number of fused-ring (bicyclic) bond motifs is 1. The Labute approximate surface area is 224 Å². The number of hydrogen-bond donors (Lipinski definition) is 3. The fourth-order valence-corrected chi connectivity index (χ4v) is 5.43. The van der Waals surface area contributed by atoms with Crippen LogP contribution in [0.15, 0.2) is 36.4 Å². The van der Waals surface area contributed by atoms with Crippen molar-refractivity contribution in [2.75, 3.05) is 69.2 Å². The molecule has 4 heterocycles. The number of rotatable bonds is 9. The molecule has 5 rings (SSSR count). The summed E-state index contributed by atoms with van der Waals surface area (Å²) in [6, 6.07) is 12.4. The summed E-state index contributed by atoms with van der Waals surface area (Å²) in [6.45, 7) is 6.48. The lowest BCUT2D eigenvalue weighted by atomic mass is 10.00. The molecule has 1 aromatic heterocycles. The van der Waals surface area contributed by atoms with Crippen LogP contribution in [0.5, 0.6) is 0 Å². The lowest BCUT2D eigenvalue weighted by Crippen LogP contribution is -2.42. The molecular weight excluding hydrogens is 484 g/mol. The van der Waals surface area contributed by atoms with Crippen LogP contribution >= 0.6 is 0 Å². The van der Waals surface area contributed by atoms with Crippen molar-refractivity contribution in [3.63, 3.8) is 0 Å². The lowest BCUT2D eigenvalue weighted by molar-refractivity contribution is -0.118. The predicted molar refractivity (Wildman–Crippen MR) is 145 cm³/mol. The molecule has 0 radical (unpaired) electrons. The third-order valence-corrected chi connectivity index (χ3v) is 7.61. The Morgan fingerprint density at radius 3 is 2.63 bits per heavy atom. The standard InChI is InChI=1S/C28H38N6O4/c35-20-32-9-6-23(7-10-32)30-24-15-26(31-27(16-24)34-11-13-38-14-12-34)28(37)29-17-25(36)19-33-8-5-21-3-1-2-4-22(21)18-33/h1-4,15-16,20,23,25,36H,5-14,17-19H2,(H,29,37)(H,30,31). The molecule has 3 aliphatic heterocycles. The first-order valence-electron chi connectivity index (χ1n) is 13.6. The van der Waals surface area contributed by atoms with E-state index in [-0.39, 0.29) is 18.5 Å². The number of carbonyl (C=O) groups excluding carboxylic acids is 2. The van der Waals surface area contributed by atoms with Crippen LogP contribution < -0.4 is 15.5 Å². The second-order valence-electron chi connectivity index (χ2n) is 10.4. The number of carbonyl (C=O) groups is 2. The first-order valence-corrected chi connectivity index (χ1v) is 13.6. The maximum Gasteiger partial charge on any atom is 0.270 e. The van der Waals surface area contributed by atoms with Gasteiger partial charge < -0.3 is 30.3 Å². The van der Waals surface area contributed by atoms with Gasteiger partial charge in [0, 0.05) is 70.2 Å². The van der Waals surface area contributed by atoms with E-state index < -0.39 is 6.10 Å². The highest BCUT2D eigenvalue weighted by Gasteiger charge is 2.22. The number of nitrogens with zero attached hydrogens (tertiary/aromatic N) is 4. The molecule has 2 amide bonds. The van der Waals surface area contributed by atoms with Crippen LogP contribution in [0.1, 0.15) is 34.5 Å². The van der Waals surface area contributed by atoms with Crippen LogP contribution in [0.3, 0.4) is 0 Å². The van der Waals surface area contributed by atoms with Crippen molar-refractivity contribution >= 4 is 23.8 Å². The van der Waals surface area contributed by atoms with Gasteiger partial charge in [-0.2, -0.15) is 0 Å². The van der Waals surface area contributed by atoms with E-state index in [1.54, 1.807) is 11.0 Å². The largest absolute Gasteiger partial charge is 0.390 e. The van der Waals surface area contributed by atoms with Crippen molar-refractivity contribution in [3.05, 3.63) is 53.2 Å². The Morgan fingerprint density at radius 2 is 1.87 bits per heavy atom. The van der Waals surface area contributed by atoms with Crippen molar-refractivity contribution < 1.29 is 19.4 Å². The van der Waals surface area contributed by atoms with Gasteiger partial charge in [-0.3, -0.25) is 14.5 Å². The summed E-state index contributed by atoms with van der Waals surface area (Å²) in [5.41, 5.74) is 3.83. The van der Waals surface area contributed by atoms with E-state index in [1.165, 1.54) is 11.1 Å². The van der Waals surface area contributed by atoms with Gasteiger partial charge in [0.05, 0.1) is 19.3 Å². The van der Waals surface area contributed by atoms with E-state index in [2.05, 4.69) is 43.6 Å². The van der Waals surface area contributed by atoms with Crippen molar-refractivity contribution in [2.45, 2.75) is 38.0 Å². The molecule has 1 atom stereocenters. The molecule has 3 aliphatic rings. The van der Waals surface area contributed by atoms with Crippen LogP contribution in [0.4, 0.5) is 11.5 Å². The summed E-state index contributed by atoms with van der Waals surface area (Å²) < 4.78 is 5.49. The Morgan fingerprint density at radius 1 is 1.11 bits per heavy atom. The van der Waals surface area contributed by atoms with Crippen LogP contribution in [0.2, 0.25) is 0 Å². The molecule has 204 valence electrons. The third-order valence-electron chi connectivity index (χ3n) is 7.61.